The molecule has 2 N–H and O–H groups in total. The van der Waals surface area contributed by atoms with E-state index in [2.05, 4.69) is 5.32 Å². The molecule has 5 nitrogen and oxygen atoms in total. The zero-order valence-corrected chi connectivity index (χ0v) is 14.3. The first-order valence-electron chi connectivity index (χ1n) is 7.29. The van der Waals surface area contributed by atoms with E-state index in [1.54, 1.807) is 0 Å². The minimum absolute atomic E-state index is 0. The zero-order valence-electron chi connectivity index (χ0n) is 13.5. The molecule has 1 fully saturated rings. The number of methoxy groups -OCH3 is 2. The number of ether oxygens (including phenoxy) is 2. The number of alkyl halides is 2. The third kappa shape index (κ3) is 4.24. The molecule has 1 aliphatic heterocycles. The van der Waals surface area contributed by atoms with Crippen molar-refractivity contribution in [1.29, 1.82) is 0 Å². The van der Waals surface area contributed by atoms with E-state index in [-0.39, 0.29) is 29.5 Å². The molecule has 1 aliphatic rings. The molecule has 1 aromatic rings. The second-order valence-electron chi connectivity index (χ2n) is 5.34. The molecule has 0 unspecified atom stereocenters. The van der Waals surface area contributed by atoms with Gasteiger partial charge >= 0.3 is 0 Å². The van der Waals surface area contributed by atoms with Gasteiger partial charge in [-0.05, 0) is 6.07 Å². The molecule has 0 bridgehead atoms. The fraction of sp³-hybridized carbons (Fsp3) is 0.600. The summed E-state index contributed by atoms with van der Waals surface area (Å²) >= 11 is 0. The van der Waals surface area contributed by atoms with E-state index in [0.29, 0.717) is 26.2 Å². The zero-order chi connectivity index (χ0) is 17.0. The topological polar surface area (TPSA) is 54.0 Å². The van der Waals surface area contributed by atoms with Crippen molar-refractivity contribution in [3.8, 4) is 11.5 Å². The second-order valence-corrected chi connectivity index (χ2v) is 5.34. The van der Waals surface area contributed by atoms with Crippen molar-refractivity contribution in [3.63, 3.8) is 0 Å². The maximum Gasteiger partial charge on any atom is 0.290 e. The first-order chi connectivity index (χ1) is 10.9. The van der Waals surface area contributed by atoms with Gasteiger partial charge in [0.2, 0.25) is 0 Å². The quantitative estimate of drug-likeness (QED) is 0.800. The normalized spacial score (nSPS) is 17.1. The van der Waals surface area contributed by atoms with Crippen LogP contribution in [0.5, 0.6) is 11.5 Å². The van der Waals surface area contributed by atoms with Gasteiger partial charge in [-0.1, -0.05) is 0 Å². The summed E-state index contributed by atoms with van der Waals surface area (Å²) in [4.78, 5) is 1.47. The molecule has 138 valence electrons. The Bertz CT molecular complexity index is 543. The molecular formula is C15H22ClF3N2O3. The van der Waals surface area contributed by atoms with E-state index in [9.17, 15) is 13.2 Å². The Labute approximate surface area is 145 Å². The van der Waals surface area contributed by atoms with Crippen LogP contribution in [-0.2, 0) is 0 Å². The highest BCUT2D eigenvalue weighted by Gasteiger charge is 2.45. The molecular weight excluding hydrogens is 349 g/mol. The summed E-state index contributed by atoms with van der Waals surface area (Å²) in [5, 5.41) is 12.2. The lowest BCUT2D eigenvalue weighted by atomic mass is 9.97. The first kappa shape index (κ1) is 20.8. The van der Waals surface area contributed by atoms with Crippen LogP contribution >= 0.6 is 12.4 Å². The number of rotatable bonds is 6. The van der Waals surface area contributed by atoms with Gasteiger partial charge in [-0.2, -0.15) is 0 Å². The summed E-state index contributed by atoms with van der Waals surface area (Å²) in [6, 6.07) is 0.663. The smallest absolute Gasteiger partial charge is 0.290 e. The van der Waals surface area contributed by atoms with Crippen LogP contribution in [0.1, 0.15) is 11.6 Å². The summed E-state index contributed by atoms with van der Waals surface area (Å²) in [5.41, 5.74) is -0.219. The van der Waals surface area contributed by atoms with Gasteiger partial charge in [0.1, 0.15) is 18.5 Å². The van der Waals surface area contributed by atoms with E-state index in [1.165, 1.54) is 25.2 Å². The number of benzene rings is 1. The van der Waals surface area contributed by atoms with Crippen LogP contribution in [0.15, 0.2) is 12.1 Å². The van der Waals surface area contributed by atoms with E-state index >= 15 is 0 Å². The Morgan fingerprint density at radius 3 is 2.25 bits per heavy atom. The predicted octanol–water partition coefficient (Wildman–Crippen LogP) is 1.84. The molecule has 1 atom stereocenters. The Kier molecular flexibility index (Phi) is 7.59. The largest absolute Gasteiger partial charge is 0.493 e. The lowest BCUT2D eigenvalue weighted by Gasteiger charge is -2.39. The first-order valence-corrected chi connectivity index (χ1v) is 7.29. The minimum atomic E-state index is -3.49. The van der Waals surface area contributed by atoms with Crippen molar-refractivity contribution in [3.05, 3.63) is 23.5 Å². The average molecular weight is 371 g/mol. The number of aliphatic hydroxyl groups excluding tert-OH is 1. The van der Waals surface area contributed by atoms with Crippen LogP contribution in [0.2, 0.25) is 0 Å². The average Bonchev–Trinajstić information content (AvgIpc) is 2.57. The summed E-state index contributed by atoms with van der Waals surface area (Å²) in [6.45, 7) is 0.331. The maximum atomic E-state index is 14.4. The number of hydrogen-bond acceptors (Lipinski definition) is 5. The van der Waals surface area contributed by atoms with Crippen LogP contribution in [0.3, 0.4) is 0 Å². The van der Waals surface area contributed by atoms with Gasteiger partial charge < -0.3 is 19.9 Å². The molecule has 0 spiro atoms. The Morgan fingerprint density at radius 1 is 1.21 bits per heavy atom. The van der Waals surface area contributed by atoms with Crippen LogP contribution in [-0.4, -0.2) is 62.9 Å². The monoisotopic (exact) mass is 370 g/mol. The van der Waals surface area contributed by atoms with Crippen molar-refractivity contribution >= 4 is 12.4 Å². The number of piperazine rings is 1. The van der Waals surface area contributed by atoms with Gasteiger partial charge in [0.15, 0.2) is 11.5 Å². The van der Waals surface area contributed by atoms with E-state index in [0.717, 1.165) is 6.07 Å². The van der Waals surface area contributed by atoms with Crippen LogP contribution in [0, 0.1) is 5.82 Å². The molecule has 1 heterocycles. The van der Waals surface area contributed by atoms with Crippen molar-refractivity contribution in [2.24, 2.45) is 0 Å². The van der Waals surface area contributed by atoms with E-state index < -0.39 is 24.4 Å². The number of hydrogen-bond donors (Lipinski definition) is 2. The fourth-order valence-corrected chi connectivity index (χ4v) is 2.80. The molecule has 0 amide bonds. The van der Waals surface area contributed by atoms with E-state index in [4.69, 9.17) is 14.6 Å². The molecule has 0 saturated carbocycles. The highest BCUT2D eigenvalue weighted by Crippen LogP contribution is 2.41. The fourth-order valence-electron chi connectivity index (χ4n) is 2.80. The molecule has 2 rings (SSSR count). The summed E-state index contributed by atoms with van der Waals surface area (Å²) in [7, 11) is 2.69. The standard InChI is InChI=1S/C15H21F3N2O3.ClH/c1-22-12-7-10(11(16)8-13(12)23-2)14(15(17,18)9-21)20-5-3-19-4-6-20;/h7-8,14,19,21H,3-6,9H2,1-2H3;1H/t14-;/m1./s1. The third-order valence-corrected chi connectivity index (χ3v) is 3.93. The molecule has 0 radical (unpaired) electrons. The molecule has 1 saturated heterocycles. The predicted molar refractivity (Wildman–Crippen MR) is 86.0 cm³/mol. The molecule has 24 heavy (non-hydrogen) atoms. The van der Waals surface area contributed by atoms with Crippen molar-refractivity contribution in [1.82, 2.24) is 10.2 Å². The van der Waals surface area contributed by atoms with Crippen LogP contribution in [0.25, 0.3) is 0 Å². The second kappa shape index (κ2) is 8.75. The van der Waals surface area contributed by atoms with Crippen molar-refractivity contribution < 1.29 is 27.8 Å². The molecule has 0 aliphatic carbocycles. The van der Waals surface area contributed by atoms with Gasteiger partial charge in [-0.3, -0.25) is 4.90 Å². The maximum absolute atomic E-state index is 14.4. The van der Waals surface area contributed by atoms with E-state index in [1.807, 2.05) is 0 Å². The molecule has 0 aromatic heterocycles. The van der Waals surface area contributed by atoms with Gasteiger partial charge in [-0.25, -0.2) is 13.2 Å². The third-order valence-electron chi connectivity index (χ3n) is 3.93. The highest BCUT2D eigenvalue weighted by molar-refractivity contribution is 5.85. The number of nitrogens with zero attached hydrogens (tertiary/aromatic N) is 1. The summed E-state index contributed by atoms with van der Waals surface area (Å²) < 4.78 is 53.2. The molecule has 1 aromatic carbocycles. The Morgan fingerprint density at radius 2 is 1.75 bits per heavy atom. The van der Waals surface area contributed by atoms with Gasteiger partial charge in [-0.15, -0.1) is 12.4 Å². The Hall–Kier alpha value is -1.22. The lowest BCUT2D eigenvalue weighted by molar-refractivity contribution is -0.119. The van der Waals surface area contributed by atoms with Gasteiger partial charge in [0.05, 0.1) is 14.2 Å². The number of nitrogens with one attached hydrogen (secondary N) is 1. The summed E-state index contributed by atoms with van der Waals surface area (Å²) in [5.74, 6) is -4.02. The van der Waals surface area contributed by atoms with Crippen LogP contribution in [0.4, 0.5) is 13.2 Å². The molecule has 9 heteroatoms. The SMILES string of the molecule is COc1cc(F)c([C@@H](N2CCNCC2)C(F)(F)CO)cc1OC.Cl. The number of halogens is 4. The Balaban J connectivity index is 0.00000288. The van der Waals surface area contributed by atoms with Crippen LogP contribution < -0.4 is 14.8 Å². The van der Waals surface area contributed by atoms with Gasteiger partial charge in [0.25, 0.3) is 5.92 Å². The highest BCUT2D eigenvalue weighted by atomic mass is 35.5. The van der Waals surface area contributed by atoms with Crippen molar-refractivity contribution in [2.45, 2.75) is 12.0 Å². The number of aliphatic hydroxyl groups is 1. The lowest BCUT2D eigenvalue weighted by Crippen LogP contribution is -2.51. The summed E-state index contributed by atoms with van der Waals surface area (Å²) in [6.07, 6.45) is 0. The van der Waals surface area contributed by atoms with Crippen molar-refractivity contribution in [2.75, 3.05) is 47.0 Å². The van der Waals surface area contributed by atoms with Gasteiger partial charge in [0, 0.05) is 37.8 Å². The minimum Gasteiger partial charge on any atom is -0.493 e.